The highest BCUT2D eigenvalue weighted by Crippen LogP contribution is 2.47. The fourth-order valence-corrected chi connectivity index (χ4v) is 4.81. The number of hydrogen-bond donors (Lipinski definition) is 0. The van der Waals surface area contributed by atoms with Crippen molar-refractivity contribution in [1.82, 2.24) is 4.98 Å². The first-order valence-electron chi connectivity index (χ1n) is 9.15. The Kier molecular flexibility index (Phi) is 4.84. The zero-order chi connectivity index (χ0) is 19.6. The molecule has 0 unspecified atom stereocenters. The van der Waals surface area contributed by atoms with Crippen LogP contribution in [-0.4, -0.2) is 12.1 Å². The van der Waals surface area contributed by atoms with E-state index in [9.17, 15) is 0 Å². The van der Waals surface area contributed by atoms with Gasteiger partial charge >= 0.3 is 0 Å². The Morgan fingerprint density at radius 3 is 2.72 bits per heavy atom. The van der Waals surface area contributed by atoms with Crippen molar-refractivity contribution < 1.29 is 9.47 Å². The molecule has 0 saturated carbocycles. The molecule has 3 nitrogen and oxygen atoms in total. The Labute approximate surface area is 177 Å². The first-order valence-corrected chi connectivity index (χ1v) is 10.8. The predicted octanol–water partition coefficient (Wildman–Crippen LogP) is 7.25. The van der Waals surface area contributed by atoms with E-state index >= 15 is 0 Å². The highest BCUT2D eigenvalue weighted by molar-refractivity contribution is 7.99. The van der Waals surface area contributed by atoms with Gasteiger partial charge in [0.1, 0.15) is 22.3 Å². The van der Waals surface area contributed by atoms with Crippen LogP contribution in [0.5, 0.6) is 17.2 Å². The summed E-state index contributed by atoms with van der Waals surface area (Å²) in [4.78, 5) is 7.03. The van der Waals surface area contributed by atoms with E-state index in [1.54, 1.807) is 30.2 Å². The van der Waals surface area contributed by atoms with Gasteiger partial charge in [0, 0.05) is 10.9 Å². The lowest BCUT2D eigenvalue weighted by Crippen LogP contribution is -1.94. The fourth-order valence-electron chi connectivity index (χ4n) is 3.10. The number of para-hydroxylation sites is 1. The van der Waals surface area contributed by atoms with E-state index in [2.05, 4.69) is 29.7 Å². The van der Waals surface area contributed by atoms with Crippen LogP contribution >= 0.6 is 23.1 Å². The summed E-state index contributed by atoms with van der Waals surface area (Å²) >= 11 is 3.37. The number of methoxy groups -OCH3 is 1. The van der Waals surface area contributed by atoms with Gasteiger partial charge in [0.05, 0.1) is 22.6 Å². The van der Waals surface area contributed by atoms with Crippen molar-refractivity contribution in [1.29, 1.82) is 0 Å². The summed E-state index contributed by atoms with van der Waals surface area (Å²) in [6, 6.07) is 22.3. The van der Waals surface area contributed by atoms with Crippen molar-refractivity contribution in [2.45, 2.75) is 9.79 Å². The van der Waals surface area contributed by atoms with Gasteiger partial charge in [0.25, 0.3) is 0 Å². The van der Waals surface area contributed by atoms with Crippen LogP contribution in [0.2, 0.25) is 0 Å². The summed E-state index contributed by atoms with van der Waals surface area (Å²) in [5.41, 5.74) is 3.15. The third-order valence-corrected chi connectivity index (χ3v) is 6.47. The molecular formula is C24H17NO2S2. The largest absolute Gasteiger partial charge is 0.497 e. The van der Waals surface area contributed by atoms with Gasteiger partial charge in [-0.3, -0.25) is 0 Å². The van der Waals surface area contributed by atoms with Gasteiger partial charge in [-0.1, -0.05) is 42.1 Å². The van der Waals surface area contributed by atoms with Gasteiger partial charge in [0.15, 0.2) is 0 Å². The highest BCUT2D eigenvalue weighted by Gasteiger charge is 2.18. The summed E-state index contributed by atoms with van der Waals surface area (Å²) in [5, 5.41) is 3.06. The molecule has 142 valence electrons. The minimum absolute atomic E-state index is 0.849. The first-order chi connectivity index (χ1) is 14.3. The van der Waals surface area contributed by atoms with Gasteiger partial charge < -0.3 is 9.47 Å². The maximum absolute atomic E-state index is 6.02. The van der Waals surface area contributed by atoms with E-state index in [0.717, 1.165) is 48.9 Å². The number of aromatic nitrogens is 1. The Morgan fingerprint density at radius 1 is 0.897 bits per heavy atom. The topological polar surface area (TPSA) is 31.4 Å². The molecule has 0 aliphatic carbocycles. The minimum atomic E-state index is 0.849. The molecule has 0 saturated heterocycles. The number of nitrogens with zero attached hydrogens (tertiary/aromatic N) is 1. The van der Waals surface area contributed by atoms with E-state index < -0.39 is 0 Å². The predicted molar refractivity (Wildman–Crippen MR) is 120 cm³/mol. The molecule has 4 aromatic rings. The van der Waals surface area contributed by atoms with Crippen LogP contribution in [0.25, 0.3) is 23.4 Å². The Bertz CT molecular complexity index is 1210. The molecular weight excluding hydrogens is 398 g/mol. The first kappa shape index (κ1) is 18.0. The normalized spacial score (nSPS) is 12.3. The van der Waals surface area contributed by atoms with E-state index in [0.29, 0.717) is 0 Å². The molecule has 0 N–H and O–H groups in total. The Hall–Kier alpha value is -3.02. The zero-order valence-electron chi connectivity index (χ0n) is 15.7. The van der Waals surface area contributed by atoms with Crippen LogP contribution in [0, 0.1) is 0 Å². The standard InChI is InChI=1S/C24H17NO2S2/c1-26-18-6-4-5-16(13-18)9-12-24-25-19(15-28-24)17-10-11-21-23(14-17)29-22-8-3-2-7-20(22)27-21/h2-15H,1H3. The summed E-state index contributed by atoms with van der Waals surface area (Å²) in [6.45, 7) is 0. The van der Waals surface area contributed by atoms with Gasteiger partial charge in [-0.05, 0) is 54.1 Å². The van der Waals surface area contributed by atoms with Crippen molar-refractivity contribution >= 4 is 35.3 Å². The summed E-state index contributed by atoms with van der Waals surface area (Å²) < 4.78 is 11.3. The number of rotatable bonds is 4. The van der Waals surface area contributed by atoms with Gasteiger partial charge in [0.2, 0.25) is 0 Å². The fraction of sp³-hybridized carbons (Fsp3) is 0.0417. The second kappa shape index (κ2) is 7.78. The maximum Gasteiger partial charge on any atom is 0.141 e. The molecule has 1 aromatic heterocycles. The van der Waals surface area contributed by atoms with E-state index in [1.807, 2.05) is 54.6 Å². The Balaban J connectivity index is 1.38. The average Bonchev–Trinajstić information content (AvgIpc) is 3.25. The van der Waals surface area contributed by atoms with Crippen LogP contribution in [0.15, 0.2) is 81.9 Å². The molecule has 5 heteroatoms. The molecule has 0 atom stereocenters. The molecule has 0 fully saturated rings. The van der Waals surface area contributed by atoms with Crippen LogP contribution in [0.3, 0.4) is 0 Å². The van der Waals surface area contributed by atoms with Crippen LogP contribution < -0.4 is 9.47 Å². The molecule has 0 radical (unpaired) electrons. The summed E-state index contributed by atoms with van der Waals surface area (Å²) in [7, 11) is 1.68. The average molecular weight is 416 g/mol. The summed E-state index contributed by atoms with van der Waals surface area (Å²) in [5.74, 6) is 2.66. The van der Waals surface area contributed by atoms with Crippen LogP contribution in [0.1, 0.15) is 10.6 Å². The van der Waals surface area contributed by atoms with Crippen LogP contribution in [-0.2, 0) is 0 Å². The van der Waals surface area contributed by atoms with Crippen molar-refractivity contribution in [3.05, 3.63) is 82.7 Å². The third-order valence-electron chi connectivity index (χ3n) is 4.56. The maximum atomic E-state index is 6.02. The van der Waals surface area contributed by atoms with E-state index in [1.165, 1.54) is 0 Å². The molecule has 29 heavy (non-hydrogen) atoms. The molecule has 5 rings (SSSR count). The van der Waals surface area contributed by atoms with Crippen LogP contribution in [0.4, 0.5) is 0 Å². The van der Waals surface area contributed by atoms with E-state index in [4.69, 9.17) is 14.5 Å². The molecule has 3 aromatic carbocycles. The number of ether oxygens (including phenoxy) is 2. The summed E-state index contributed by atoms with van der Waals surface area (Å²) in [6.07, 6.45) is 4.09. The number of thiazole rings is 1. The van der Waals surface area contributed by atoms with Crippen molar-refractivity contribution in [2.75, 3.05) is 7.11 Å². The molecule has 0 bridgehead atoms. The van der Waals surface area contributed by atoms with Gasteiger partial charge in [-0.25, -0.2) is 4.98 Å². The van der Waals surface area contributed by atoms with Gasteiger partial charge in [-0.2, -0.15) is 0 Å². The van der Waals surface area contributed by atoms with E-state index in [-0.39, 0.29) is 0 Å². The van der Waals surface area contributed by atoms with Gasteiger partial charge in [-0.15, -0.1) is 11.3 Å². The Morgan fingerprint density at radius 2 is 1.79 bits per heavy atom. The van der Waals surface area contributed by atoms with Crippen molar-refractivity contribution in [2.24, 2.45) is 0 Å². The zero-order valence-corrected chi connectivity index (χ0v) is 17.3. The third kappa shape index (κ3) is 3.79. The minimum Gasteiger partial charge on any atom is -0.497 e. The quantitative estimate of drug-likeness (QED) is 0.309. The lowest BCUT2D eigenvalue weighted by Gasteiger charge is -2.19. The van der Waals surface area contributed by atoms with Crippen molar-refractivity contribution in [3.8, 4) is 28.5 Å². The molecule has 0 amide bonds. The lowest BCUT2D eigenvalue weighted by molar-refractivity contribution is 0.414. The van der Waals surface area contributed by atoms with Crippen molar-refractivity contribution in [3.63, 3.8) is 0 Å². The second-order valence-corrected chi connectivity index (χ2v) is 8.47. The lowest BCUT2D eigenvalue weighted by atomic mass is 10.1. The molecule has 1 aliphatic heterocycles. The SMILES string of the molecule is COc1cccc(C=Cc2nc(-c3ccc4c(c3)Sc3ccccc3O4)cs2)c1. The smallest absolute Gasteiger partial charge is 0.141 e. The second-order valence-electron chi connectivity index (χ2n) is 6.49. The molecule has 0 spiro atoms. The monoisotopic (exact) mass is 415 g/mol. The highest BCUT2D eigenvalue weighted by atomic mass is 32.2. The number of fused-ring (bicyclic) bond motifs is 2. The molecule has 1 aliphatic rings. The number of hydrogen-bond acceptors (Lipinski definition) is 5. The molecule has 2 heterocycles. The number of benzene rings is 3.